The molecule has 242 valence electrons. The molecule has 4 nitrogen and oxygen atoms in total. The van der Waals surface area contributed by atoms with Crippen LogP contribution in [0, 0.1) is 0 Å². The van der Waals surface area contributed by atoms with Crippen molar-refractivity contribution in [3.05, 3.63) is 176 Å². The Hall–Kier alpha value is -7.04. The van der Waals surface area contributed by atoms with E-state index in [1.165, 1.54) is 27.1 Å². The highest BCUT2D eigenvalue weighted by molar-refractivity contribution is 6.25. The maximum Gasteiger partial charge on any atom is 0.161 e. The normalized spacial score (nSPS) is 11.8. The van der Waals surface area contributed by atoms with Crippen molar-refractivity contribution in [2.75, 3.05) is 0 Å². The van der Waals surface area contributed by atoms with Crippen molar-refractivity contribution in [3.8, 4) is 39.6 Å². The summed E-state index contributed by atoms with van der Waals surface area (Å²) >= 11 is 0. The molecule has 0 aliphatic rings. The third-order valence-electron chi connectivity index (χ3n) is 10.4. The molecule has 3 aromatic heterocycles. The van der Waals surface area contributed by atoms with Gasteiger partial charge in [-0.25, -0.2) is 9.97 Å². The Morgan fingerprint density at radius 3 is 1.75 bits per heavy atom. The molecular weight excluding hydrogens is 635 g/mol. The Morgan fingerprint density at radius 1 is 0.404 bits per heavy atom. The maximum absolute atomic E-state index is 6.82. The zero-order chi connectivity index (χ0) is 34.2. The van der Waals surface area contributed by atoms with Gasteiger partial charge in [0.2, 0.25) is 0 Å². The third-order valence-corrected chi connectivity index (χ3v) is 10.4. The van der Waals surface area contributed by atoms with E-state index in [-0.39, 0.29) is 0 Å². The van der Waals surface area contributed by atoms with Gasteiger partial charge in [0, 0.05) is 49.7 Å². The van der Waals surface area contributed by atoms with Gasteiger partial charge in [0.1, 0.15) is 11.2 Å². The lowest BCUT2D eigenvalue weighted by Gasteiger charge is -2.13. The second kappa shape index (κ2) is 11.2. The van der Waals surface area contributed by atoms with E-state index < -0.39 is 0 Å². The van der Waals surface area contributed by atoms with Crippen LogP contribution in [-0.4, -0.2) is 14.5 Å². The minimum Gasteiger partial charge on any atom is -0.456 e. The number of aromatic nitrogens is 3. The lowest BCUT2D eigenvalue weighted by molar-refractivity contribution is 0.669. The summed E-state index contributed by atoms with van der Waals surface area (Å²) in [5.41, 5.74) is 9.81. The molecule has 0 bridgehead atoms. The Kier molecular flexibility index (Phi) is 6.22. The van der Waals surface area contributed by atoms with Crippen molar-refractivity contribution in [3.63, 3.8) is 0 Å². The average molecular weight is 664 g/mol. The van der Waals surface area contributed by atoms with E-state index in [9.17, 15) is 0 Å². The van der Waals surface area contributed by atoms with Crippen LogP contribution in [0.2, 0.25) is 0 Å². The molecule has 52 heavy (non-hydrogen) atoms. The van der Waals surface area contributed by atoms with E-state index in [1.807, 2.05) is 42.5 Å². The van der Waals surface area contributed by atoms with Crippen molar-refractivity contribution in [2.45, 2.75) is 0 Å². The Labute approximate surface area is 298 Å². The molecule has 0 saturated carbocycles. The highest BCUT2D eigenvalue weighted by Crippen LogP contribution is 2.44. The molecular formula is C48H29N3O. The first-order chi connectivity index (χ1) is 25.8. The highest BCUT2D eigenvalue weighted by atomic mass is 16.3. The molecule has 0 saturated heterocycles. The van der Waals surface area contributed by atoms with Crippen LogP contribution in [0.25, 0.3) is 105 Å². The van der Waals surface area contributed by atoms with Crippen LogP contribution in [0.15, 0.2) is 180 Å². The predicted octanol–water partition coefficient (Wildman–Crippen LogP) is 12.8. The largest absolute Gasteiger partial charge is 0.456 e. The van der Waals surface area contributed by atoms with Crippen LogP contribution in [-0.2, 0) is 0 Å². The fourth-order valence-electron chi connectivity index (χ4n) is 8.03. The van der Waals surface area contributed by atoms with Crippen molar-refractivity contribution in [1.82, 2.24) is 14.5 Å². The third kappa shape index (κ3) is 4.34. The number of hydrogen-bond donors (Lipinski definition) is 0. The van der Waals surface area contributed by atoms with E-state index in [2.05, 4.69) is 138 Å². The molecule has 8 aromatic carbocycles. The molecule has 0 N–H and O–H groups in total. The smallest absolute Gasteiger partial charge is 0.161 e. The van der Waals surface area contributed by atoms with E-state index in [0.29, 0.717) is 5.82 Å². The SMILES string of the molecule is c1ccc(-c2cc(-c3ccccc3)nc(-c3cccc4oc5cc(-n6c7ccccc7c7cc8ccccc8cc76)c6ccccc6c5c34)n2)cc1. The molecule has 0 radical (unpaired) electrons. The first-order valence-corrected chi connectivity index (χ1v) is 17.6. The molecule has 11 aromatic rings. The van der Waals surface area contributed by atoms with Gasteiger partial charge in [-0.1, -0.05) is 140 Å². The van der Waals surface area contributed by atoms with Gasteiger partial charge in [0.25, 0.3) is 0 Å². The number of furan rings is 1. The van der Waals surface area contributed by atoms with Gasteiger partial charge in [-0.3, -0.25) is 0 Å². The number of rotatable bonds is 4. The van der Waals surface area contributed by atoms with E-state index in [4.69, 9.17) is 14.4 Å². The van der Waals surface area contributed by atoms with Gasteiger partial charge in [-0.2, -0.15) is 0 Å². The fourth-order valence-corrected chi connectivity index (χ4v) is 8.03. The summed E-state index contributed by atoms with van der Waals surface area (Å²) in [5.74, 6) is 0.663. The lowest BCUT2D eigenvalue weighted by Crippen LogP contribution is -1.97. The summed E-state index contributed by atoms with van der Waals surface area (Å²) in [5, 5.41) is 9.24. The topological polar surface area (TPSA) is 43.9 Å². The Morgan fingerprint density at radius 2 is 1.02 bits per heavy atom. The summed E-state index contributed by atoms with van der Waals surface area (Å²) in [6.07, 6.45) is 0. The number of hydrogen-bond acceptors (Lipinski definition) is 3. The quantitative estimate of drug-likeness (QED) is 0.188. The Bertz CT molecular complexity index is 3120. The molecule has 0 fully saturated rings. The first kappa shape index (κ1) is 28.8. The highest BCUT2D eigenvalue weighted by Gasteiger charge is 2.22. The second-order valence-electron chi connectivity index (χ2n) is 13.4. The molecule has 0 spiro atoms. The van der Waals surface area contributed by atoms with Crippen molar-refractivity contribution >= 4 is 65.3 Å². The second-order valence-corrected chi connectivity index (χ2v) is 13.4. The average Bonchev–Trinajstić information content (AvgIpc) is 3.75. The van der Waals surface area contributed by atoms with Gasteiger partial charge in [-0.15, -0.1) is 0 Å². The first-order valence-electron chi connectivity index (χ1n) is 17.6. The standard InChI is InChI=1S/C48H29N3O/c1-3-14-30(15-4-1)39-28-40(31-16-5-2-6-17-31)50-48(49-39)37-23-13-25-44-47(37)46-36-22-10-9-20-34(36)43(29-45(46)52-44)51-41-24-12-11-21-35(41)38-26-32-18-7-8-19-33(32)27-42(38)51/h1-29H. The number of fused-ring (bicyclic) bond motifs is 9. The van der Waals surface area contributed by atoms with Crippen molar-refractivity contribution in [2.24, 2.45) is 0 Å². The minimum absolute atomic E-state index is 0.663. The van der Waals surface area contributed by atoms with E-state index in [1.54, 1.807) is 0 Å². The van der Waals surface area contributed by atoms with E-state index >= 15 is 0 Å². The number of para-hydroxylation sites is 1. The summed E-state index contributed by atoms with van der Waals surface area (Å²) in [4.78, 5) is 10.4. The summed E-state index contributed by atoms with van der Waals surface area (Å²) in [6, 6.07) is 61.8. The maximum atomic E-state index is 6.82. The van der Waals surface area contributed by atoms with Crippen molar-refractivity contribution in [1.29, 1.82) is 0 Å². The molecule has 0 atom stereocenters. The number of nitrogens with zero attached hydrogens (tertiary/aromatic N) is 3. The summed E-state index contributed by atoms with van der Waals surface area (Å²) in [7, 11) is 0. The van der Waals surface area contributed by atoms with Crippen LogP contribution in [0.3, 0.4) is 0 Å². The molecule has 4 heteroatoms. The summed E-state index contributed by atoms with van der Waals surface area (Å²) in [6.45, 7) is 0. The van der Waals surface area contributed by atoms with Crippen LogP contribution in [0.5, 0.6) is 0 Å². The molecule has 0 aliphatic heterocycles. The van der Waals surface area contributed by atoms with Gasteiger partial charge in [0.05, 0.1) is 28.1 Å². The molecule has 0 amide bonds. The zero-order valence-electron chi connectivity index (χ0n) is 28.0. The monoisotopic (exact) mass is 663 g/mol. The zero-order valence-corrected chi connectivity index (χ0v) is 28.0. The molecule has 0 aliphatic carbocycles. The fraction of sp³-hybridized carbons (Fsp3) is 0. The van der Waals surface area contributed by atoms with E-state index in [0.717, 1.165) is 72.0 Å². The molecule has 0 unspecified atom stereocenters. The van der Waals surface area contributed by atoms with Gasteiger partial charge < -0.3 is 8.98 Å². The summed E-state index contributed by atoms with van der Waals surface area (Å²) < 4.78 is 9.22. The molecule has 11 rings (SSSR count). The van der Waals surface area contributed by atoms with Crippen LogP contribution >= 0.6 is 0 Å². The number of benzene rings is 8. The lowest BCUT2D eigenvalue weighted by atomic mass is 9.98. The van der Waals surface area contributed by atoms with Crippen LogP contribution in [0.4, 0.5) is 0 Å². The van der Waals surface area contributed by atoms with Gasteiger partial charge >= 0.3 is 0 Å². The molecule has 3 heterocycles. The Balaban J connectivity index is 1.22. The predicted molar refractivity (Wildman–Crippen MR) is 215 cm³/mol. The van der Waals surface area contributed by atoms with Crippen LogP contribution in [0.1, 0.15) is 0 Å². The minimum atomic E-state index is 0.663. The van der Waals surface area contributed by atoms with Crippen molar-refractivity contribution < 1.29 is 4.42 Å². The van der Waals surface area contributed by atoms with Crippen LogP contribution < -0.4 is 0 Å². The van der Waals surface area contributed by atoms with Gasteiger partial charge in [0.15, 0.2) is 5.82 Å². The van der Waals surface area contributed by atoms with Gasteiger partial charge in [-0.05, 0) is 46.5 Å².